The molecule has 7 nitrogen and oxygen atoms in total. The third-order valence-electron chi connectivity index (χ3n) is 5.34. The van der Waals surface area contributed by atoms with Crippen molar-refractivity contribution in [3.05, 3.63) is 42.2 Å². The van der Waals surface area contributed by atoms with Crippen molar-refractivity contribution >= 4 is 29.4 Å². The number of rotatable bonds is 5. The second-order valence-corrected chi connectivity index (χ2v) is 6.98. The monoisotopic (exact) mass is 372 g/mol. The average molecular weight is 372 g/mol. The second-order valence-electron chi connectivity index (χ2n) is 6.98. The van der Waals surface area contributed by atoms with Gasteiger partial charge in [0.25, 0.3) is 5.91 Å². The molecule has 1 aliphatic heterocycles. The lowest BCUT2D eigenvalue weighted by Gasteiger charge is -2.16. The number of imide groups is 1. The maximum absolute atomic E-state index is 12.8. The van der Waals surface area contributed by atoms with Crippen LogP contribution in [0.1, 0.15) is 6.42 Å². The zero-order valence-corrected chi connectivity index (χ0v) is 14.3. The number of esters is 1. The van der Waals surface area contributed by atoms with Gasteiger partial charge in [-0.3, -0.25) is 24.1 Å². The van der Waals surface area contributed by atoms with E-state index in [9.17, 15) is 23.6 Å². The highest BCUT2D eigenvalue weighted by atomic mass is 19.1. The Hall–Kier alpha value is -3.03. The number of hydrogen-bond acceptors (Lipinski definition) is 5. The Labute approximate surface area is 154 Å². The molecule has 1 aromatic carbocycles. The molecule has 0 spiro atoms. The quantitative estimate of drug-likeness (QED) is 0.475. The average Bonchev–Trinajstić information content (AvgIpc) is 3.32. The lowest BCUT2D eigenvalue weighted by atomic mass is 9.85. The van der Waals surface area contributed by atoms with E-state index in [-0.39, 0.29) is 35.5 Å². The molecule has 4 rings (SSSR count). The van der Waals surface area contributed by atoms with E-state index in [0.717, 1.165) is 11.3 Å². The molecule has 2 bridgehead atoms. The second kappa shape index (κ2) is 6.61. The Bertz CT molecular complexity index is 820. The Balaban J connectivity index is 1.28. The normalized spacial score (nSPS) is 27.8. The SMILES string of the molecule is O=C(COC(=O)CN1C(=O)[C@@H]2[C@H](C1=O)[C@@H]1C=C[C@@H]2C1)Nc1ccc(F)cc1. The largest absolute Gasteiger partial charge is 0.454 e. The van der Waals surface area contributed by atoms with E-state index in [2.05, 4.69) is 5.32 Å². The predicted octanol–water partition coefficient (Wildman–Crippen LogP) is 1.11. The van der Waals surface area contributed by atoms with Crippen molar-refractivity contribution in [1.82, 2.24) is 4.90 Å². The van der Waals surface area contributed by atoms with E-state index < -0.39 is 30.8 Å². The Morgan fingerprint density at radius 1 is 1.07 bits per heavy atom. The predicted molar refractivity (Wildman–Crippen MR) is 90.4 cm³/mol. The highest BCUT2D eigenvalue weighted by molar-refractivity contribution is 6.08. The summed E-state index contributed by atoms with van der Waals surface area (Å²) in [7, 11) is 0. The standard InChI is InChI=1S/C19H17FN2O5/c20-12-3-5-13(6-4-12)21-14(23)9-27-15(24)8-22-18(25)16-10-1-2-11(7-10)17(16)19(22)26/h1-6,10-11,16-17H,7-9H2,(H,21,23)/t10-,11-,16-,17+/m1/s1. The number of allylic oxidation sites excluding steroid dienone is 2. The number of nitrogens with one attached hydrogen (secondary N) is 1. The molecular formula is C19H17FN2O5. The van der Waals surface area contributed by atoms with Crippen LogP contribution < -0.4 is 5.32 Å². The zero-order chi connectivity index (χ0) is 19.1. The lowest BCUT2D eigenvalue weighted by molar-refractivity contribution is -0.154. The molecule has 3 amide bonds. The van der Waals surface area contributed by atoms with Crippen LogP contribution >= 0.6 is 0 Å². The minimum atomic E-state index is -0.828. The summed E-state index contributed by atoms with van der Waals surface area (Å²) in [6.45, 7) is -1.06. The van der Waals surface area contributed by atoms with Crippen LogP contribution in [0.4, 0.5) is 10.1 Å². The Morgan fingerprint density at radius 2 is 1.67 bits per heavy atom. The van der Waals surface area contributed by atoms with Crippen LogP contribution in [0, 0.1) is 29.5 Å². The van der Waals surface area contributed by atoms with Crippen LogP contribution in [-0.2, 0) is 23.9 Å². The van der Waals surface area contributed by atoms with Crippen molar-refractivity contribution in [1.29, 1.82) is 0 Å². The van der Waals surface area contributed by atoms with Gasteiger partial charge < -0.3 is 10.1 Å². The summed E-state index contributed by atoms with van der Waals surface area (Å²) in [4.78, 5) is 49.7. The highest BCUT2D eigenvalue weighted by Gasteiger charge is 2.59. The molecule has 1 aromatic rings. The number of anilines is 1. The summed E-state index contributed by atoms with van der Waals surface area (Å²) in [5, 5.41) is 2.45. The maximum Gasteiger partial charge on any atom is 0.326 e. The van der Waals surface area contributed by atoms with Gasteiger partial charge in [-0.25, -0.2) is 4.39 Å². The van der Waals surface area contributed by atoms with Crippen molar-refractivity contribution in [2.75, 3.05) is 18.5 Å². The van der Waals surface area contributed by atoms with Gasteiger partial charge in [-0.1, -0.05) is 12.2 Å². The van der Waals surface area contributed by atoms with Gasteiger partial charge in [0.15, 0.2) is 6.61 Å². The summed E-state index contributed by atoms with van der Waals surface area (Å²) in [5.74, 6) is -3.15. The molecule has 8 heteroatoms. The number of carbonyl (C=O) groups excluding carboxylic acids is 4. The molecule has 0 aromatic heterocycles. The number of likely N-dealkylation sites (tertiary alicyclic amines) is 1. The molecule has 1 heterocycles. The van der Waals surface area contributed by atoms with Crippen LogP contribution in [-0.4, -0.2) is 41.7 Å². The van der Waals surface area contributed by atoms with E-state index in [0.29, 0.717) is 5.69 Å². The van der Waals surface area contributed by atoms with Gasteiger partial charge in [0.2, 0.25) is 11.8 Å². The Morgan fingerprint density at radius 3 is 2.26 bits per heavy atom. The molecule has 140 valence electrons. The maximum atomic E-state index is 12.8. The molecule has 1 saturated heterocycles. The minimum absolute atomic E-state index is 0.0685. The van der Waals surface area contributed by atoms with E-state index in [1.807, 2.05) is 12.2 Å². The fourth-order valence-electron chi connectivity index (χ4n) is 4.17. The van der Waals surface area contributed by atoms with Gasteiger partial charge in [-0.05, 0) is 42.5 Å². The minimum Gasteiger partial charge on any atom is -0.454 e. The van der Waals surface area contributed by atoms with Crippen LogP contribution in [0.3, 0.4) is 0 Å². The van der Waals surface area contributed by atoms with E-state index in [4.69, 9.17) is 4.74 Å². The zero-order valence-electron chi connectivity index (χ0n) is 14.3. The number of halogens is 1. The first-order valence-electron chi connectivity index (χ1n) is 8.68. The molecule has 0 unspecified atom stereocenters. The molecule has 2 aliphatic carbocycles. The van der Waals surface area contributed by atoms with Gasteiger partial charge in [0.05, 0.1) is 11.8 Å². The van der Waals surface area contributed by atoms with Gasteiger partial charge in [-0.2, -0.15) is 0 Å². The third kappa shape index (κ3) is 3.11. The van der Waals surface area contributed by atoms with Crippen molar-refractivity contribution in [2.24, 2.45) is 23.7 Å². The van der Waals surface area contributed by atoms with Crippen molar-refractivity contribution in [3.63, 3.8) is 0 Å². The Kier molecular flexibility index (Phi) is 4.25. The summed E-state index contributed by atoms with van der Waals surface area (Å²) >= 11 is 0. The molecule has 2 fully saturated rings. The topological polar surface area (TPSA) is 92.8 Å². The number of nitrogens with zero attached hydrogens (tertiary/aromatic N) is 1. The summed E-state index contributed by atoms with van der Waals surface area (Å²) in [6, 6.07) is 5.12. The van der Waals surface area contributed by atoms with Crippen LogP contribution in [0.5, 0.6) is 0 Å². The molecule has 27 heavy (non-hydrogen) atoms. The first-order valence-corrected chi connectivity index (χ1v) is 8.68. The first-order chi connectivity index (χ1) is 12.9. The molecule has 3 aliphatic rings. The molecule has 4 atom stereocenters. The van der Waals surface area contributed by atoms with Gasteiger partial charge >= 0.3 is 5.97 Å². The summed E-state index contributed by atoms with van der Waals surface area (Å²) in [6.07, 6.45) is 4.76. The van der Waals surface area contributed by atoms with Crippen LogP contribution in [0.25, 0.3) is 0 Å². The smallest absolute Gasteiger partial charge is 0.326 e. The van der Waals surface area contributed by atoms with Gasteiger partial charge in [-0.15, -0.1) is 0 Å². The number of hydrogen-bond donors (Lipinski definition) is 1. The highest BCUT2D eigenvalue weighted by Crippen LogP contribution is 2.52. The molecule has 1 N–H and O–H groups in total. The third-order valence-corrected chi connectivity index (χ3v) is 5.34. The summed E-state index contributed by atoms with van der Waals surface area (Å²) in [5.41, 5.74) is 0.359. The number of fused-ring (bicyclic) bond motifs is 5. The lowest BCUT2D eigenvalue weighted by Crippen LogP contribution is -2.38. The van der Waals surface area contributed by atoms with Crippen molar-refractivity contribution in [2.45, 2.75) is 6.42 Å². The van der Waals surface area contributed by atoms with Crippen molar-refractivity contribution in [3.8, 4) is 0 Å². The molecule has 1 saturated carbocycles. The molecule has 0 radical (unpaired) electrons. The van der Waals surface area contributed by atoms with Gasteiger partial charge in [0, 0.05) is 5.69 Å². The summed E-state index contributed by atoms with van der Waals surface area (Å²) < 4.78 is 17.7. The van der Waals surface area contributed by atoms with Crippen molar-refractivity contribution < 1.29 is 28.3 Å². The van der Waals surface area contributed by atoms with E-state index in [1.54, 1.807) is 0 Å². The molecular weight excluding hydrogens is 355 g/mol. The van der Waals surface area contributed by atoms with E-state index >= 15 is 0 Å². The number of carbonyl (C=O) groups is 4. The van der Waals surface area contributed by atoms with Gasteiger partial charge in [0.1, 0.15) is 12.4 Å². The van der Waals surface area contributed by atoms with Crippen LogP contribution in [0.2, 0.25) is 0 Å². The fraction of sp³-hybridized carbons (Fsp3) is 0.368. The van der Waals surface area contributed by atoms with E-state index in [1.165, 1.54) is 24.3 Å². The fourth-order valence-corrected chi connectivity index (χ4v) is 4.17. The number of amides is 3. The first kappa shape index (κ1) is 17.4. The number of benzene rings is 1. The number of ether oxygens (including phenoxy) is 1. The van der Waals surface area contributed by atoms with Crippen LogP contribution in [0.15, 0.2) is 36.4 Å².